The van der Waals surface area contributed by atoms with E-state index in [1.165, 1.54) is 30.9 Å². The Balaban J connectivity index is 2.31. The van der Waals surface area contributed by atoms with Crippen molar-refractivity contribution in [2.45, 2.75) is 25.0 Å². The van der Waals surface area contributed by atoms with Gasteiger partial charge in [0.25, 0.3) is 0 Å². The lowest BCUT2D eigenvalue weighted by molar-refractivity contribution is -0.139. The van der Waals surface area contributed by atoms with E-state index in [1.54, 1.807) is 38.1 Å². The van der Waals surface area contributed by atoms with E-state index in [1.807, 2.05) is 0 Å². The Labute approximate surface area is 172 Å². The van der Waals surface area contributed by atoms with Gasteiger partial charge in [0.05, 0.1) is 48.2 Å². The zero-order chi connectivity index (χ0) is 21.3. The van der Waals surface area contributed by atoms with Crippen LogP contribution in [-0.4, -0.2) is 48.8 Å². The molecular weight excluding hydrogens is 396 g/mol. The summed E-state index contributed by atoms with van der Waals surface area (Å²) in [6, 6.07) is 6.95. The Morgan fingerprint density at radius 3 is 2.55 bits per heavy atom. The van der Waals surface area contributed by atoms with Crippen molar-refractivity contribution in [1.82, 2.24) is 4.90 Å². The molecule has 2 aliphatic heterocycles. The molecule has 1 fully saturated rings. The fourth-order valence-corrected chi connectivity index (χ4v) is 4.56. The fourth-order valence-electron chi connectivity index (χ4n) is 3.40. The minimum absolute atomic E-state index is 0.0207. The number of ether oxygens (including phenoxy) is 3. The number of fused-ring (bicyclic) bond motifs is 1. The van der Waals surface area contributed by atoms with Gasteiger partial charge in [0.15, 0.2) is 0 Å². The molecule has 0 unspecified atom stereocenters. The number of thioether (sulfide) groups is 1. The van der Waals surface area contributed by atoms with Crippen LogP contribution in [0.5, 0.6) is 5.75 Å². The van der Waals surface area contributed by atoms with E-state index >= 15 is 0 Å². The first-order valence-corrected chi connectivity index (χ1v) is 9.87. The lowest BCUT2D eigenvalue weighted by Crippen LogP contribution is -2.40. The van der Waals surface area contributed by atoms with E-state index in [4.69, 9.17) is 19.9 Å². The molecule has 0 spiro atoms. The Morgan fingerprint density at radius 1 is 1.21 bits per heavy atom. The van der Waals surface area contributed by atoms with Gasteiger partial charge in [-0.15, -0.1) is 0 Å². The number of esters is 2. The zero-order valence-corrected chi connectivity index (χ0v) is 17.4. The number of methoxy groups -OCH3 is 2. The number of hydrogen-bond acceptors (Lipinski definition) is 8. The molecule has 2 heterocycles. The Morgan fingerprint density at radius 2 is 1.93 bits per heavy atom. The SMILES string of the molecule is CCOC(=O)C1=C(N)N2C(=O)[C@H](C)SC2=C(C(=O)OC)[C@@H]1c1cccc(OC)c1. The van der Waals surface area contributed by atoms with Crippen LogP contribution in [0.2, 0.25) is 0 Å². The third kappa shape index (κ3) is 3.46. The van der Waals surface area contributed by atoms with Gasteiger partial charge in [0.2, 0.25) is 5.91 Å². The molecule has 9 heteroatoms. The predicted octanol–water partition coefficient (Wildman–Crippen LogP) is 1.87. The standard InChI is InChI=1S/C20H22N2O6S/c1-5-28-20(25)14-13(11-7-6-8-12(9-11)26-3)15(19(24)27-4)18-22(16(14)21)17(23)10(2)29-18/h6-10,13H,5,21H2,1-4H3/t10-,13+/m0/s1. The zero-order valence-electron chi connectivity index (χ0n) is 16.6. The molecule has 2 N–H and O–H groups in total. The first kappa shape index (κ1) is 20.8. The molecule has 0 aromatic heterocycles. The monoisotopic (exact) mass is 418 g/mol. The third-order valence-corrected chi connectivity index (χ3v) is 5.89. The van der Waals surface area contributed by atoms with Crippen LogP contribution in [-0.2, 0) is 23.9 Å². The van der Waals surface area contributed by atoms with Crippen molar-refractivity contribution in [2.24, 2.45) is 5.73 Å². The summed E-state index contributed by atoms with van der Waals surface area (Å²) >= 11 is 1.21. The van der Waals surface area contributed by atoms with Gasteiger partial charge in [-0.3, -0.25) is 9.69 Å². The first-order valence-electron chi connectivity index (χ1n) is 8.99. The minimum atomic E-state index is -0.867. The smallest absolute Gasteiger partial charge is 0.338 e. The maximum atomic E-state index is 12.9. The summed E-state index contributed by atoms with van der Waals surface area (Å²) in [7, 11) is 2.77. The van der Waals surface area contributed by atoms with Crippen molar-refractivity contribution in [3.8, 4) is 5.75 Å². The van der Waals surface area contributed by atoms with Crippen LogP contribution in [0.1, 0.15) is 25.3 Å². The fraction of sp³-hybridized carbons (Fsp3) is 0.350. The Kier molecular flexibility index (Phi) is 5.88. The Bertz CT molecular complexity index is 939. The van der Waals surface area contributed by atoms with Crippen molar-refractivity contribution >= 4 is 29.6 Å². The maximum absolute atomic E-state index is 12.9. The van der Waals surface area contributed by atoms with Gasteiger partial charge in [-0.2, -0.15) is 0 Å². The number of nitrogens with two attached hydrogens (primary N) is 1. The molecule has 1 aromatic carbocycles. The van der Waals surface area contributed by atoms with Gasteiger partial charge < -0.3 is 19.9 Å². The number of hydrogen-bond donors (Lipinski definition) is 1. The van der Waals surface area contributed by atoms with E-state index in [0.717, 1.165) is 0 Å². The Hall–Kier alpha value is -2.94. The van der Waals surface area contributed by atoms with Gasteiger partial charge >= 0.3 is 11.9 Å². The van der Waals surface area contributed by atoms with Crippen LogP contribution < -0.4 is 10.5 Å². The molecule has 0 bridgehead atoms. The van der Waals surface area contributed by atoms with E-state index < -0.39 is 23.1 Å². The van der Waals surface area contributed by atoms with Gasteiger partial charge in [-0.1, -0.05) is 23.9 Å². The predicted molar refractivity (Wildman–Crippen MR) is 107 cm³/mol. The minimum Gasteiger partial charge on any atom is -0.497 e. The van der Waals surface area contributed by atoms with Crippen molar-refractivity contribution < 1.29 is 28.6 Å². The third-order valence-electron chi connectivity index (χ3n) is 4.71. The average Bonchev–Trinajstić information content (AvgIpc) is 3.01. The quantitative estimate of drug-likeness (QED) is 0.722. The number of amides is 1. The van der Waals surface area contributed by atoms with E-state index in [0.29, 0.717) is 16.3 Å². The first-order chi connectivity index (χ1) is 13.8. The van der Waals surface area contributed by atoms with Crippen molar-refractivity contribution in [2.75, 3.05) is 20.8 Å². The second-order valence-electron chi connectivity index (χ2n) is 6.37. The van der Waals surface area contributed by atoms with E-state index in [-0.39, 0.29) is 29.5 Å². The molecule has 1 aromatic rings. The van der Waals surface area contributed by atoms with E-state index in [9.17, 15) is 14.4 Å². The molecule has 0 aliphatic carbocycles. The lowest BCUT2D eigenvalue weighted by Gasteiger charge is -2.33. The number of benzene rings is 1. The van der Waals surface area contributed by atoms with Crippen LogP contribution in [0, 0.1) is 0 Å². The number of nitrogens with zero attached hydrogens (tertiary/aromatic N) is 1. The molecule has 0 radical (unpaired) electrons. The highest BCUT2D eigenvalue weighted by Crippen LogP contribution is 2.50. The van der Waals surface area contributed by atoms with Crippen molar-refractivity contribution in [1.29, 1.82) is 0 Å². The molecule has 1 amide bonds. The van der Waals surface area contributed by atoms with Crippen molar-refractivity contribution in [3.63, 3.8) is 0 Å². The normalized spacial score (nSPS) is 21.2. The average molecular weight is 418 g/mol. The summed E-state index contributed by atoms with van der Waals surface area (Å²) in [6.45, 7) is 3.49. The summed E-state index contributed by atoms with van der Waals surface area (Å²) in [5.74, 6) is -2.02. The molecular formula is C20H22N2O6S. The van der Waals surface area contributed by atoms with E-state index in [2.05, 4.69) is 0 Å². The highest BCUT2D eigenvalue weighted by atomic mass is 32.2. The highest BCUT2D eigenvalue weighted by Gasteiger charge is 2.49. The summed E-state index contributed by atoms with van der Waals surface area (Å²) in [4.78, 5) is 39.6. The molecule has 1 saturated heterocycles. The molecule has 29 heavy (non-hydrogen) atoms. The summed E-state index contributed by atoms with van der Waals surface area (Å²) in [5, 5.41) is -0.0940. The van der Waals surface area contributed by atoms with Crippen molar-refractivity contribution in [3.05, 3.63) is 51.8 Å². The van der Waals surface area contributed by atoms with Crippen LogP contribution in [0.4, 0.5) is 0 Å². The number of rotatable bonds is 5. The molecule has 154 valence electrons. The highest BCUT2D eigenvalue weighted by molar-refractivity contribution is 8.04. The summed E-state index contributed by atoms with van der Waals surface area (Å²) in [6.07, 6.45) is 0. The second-order valence-corrected chi connectivity index (χ2v) is 7.70. The van der Waals surface area contributed by atoms with Crippen LogP contribution >= 0.6 is 11.8 Å². The molecule has 3 rings (SSSR count). The van der Waals surface area contributed by atoms with Crippen LogP contribution in [0.3, 0.4) is 0 Å². The molecule has 2 aliphatic rings. The van der Waals surface area contributed by atoms with Crippen LogP contribution in [0.15, 0.2) is 46.3 Å². The lowest BCUT2D eigenvalue weighted by atomic mass is 9.82. The second kappa shape index (κ2) is 8.20. The van der Waals surface area contributed by atoms with Gasteiger partial charge in [0, 0.05) is 0 Å². The molecule has 2 atom stereocenters. The largest absolute Gasteiger partial charge is 0.497 e. The number of carbonyl (C=O) groups excluding carboxylic acids is 3. The van der Waals surface area contributed by atoms with Crippen LogP contribution in [0.25, 0.3) is 0 Å². The maximum Gasteiger partial charge on any atom is 0.338 e. The topological polar surface area (TPSA) is 108 Å². The summed E-state index contributed by atoms with van der Waals surface area (Å²) in [5.41, 5.74) is 7.08. The molecule has 8 nitrogen and oxygen atoms in total. The summed E-state index contributed by atoms with van der Waals surface area (Å²) < 4.78 is 15.5. The number of carbonyl (C=O) groups is 3. The van der Waals surface area contributed by atoms with Gasteiger partial charge in [-0.25, -0.2) is 9.59 Å². The molecule has 0 saturated carbocycles. The van der Waals surface area contributed by atoms with Gasteiger partial charge in [0.1, 0.15) is 11.6 Å². The van der Waals surface area contributed by atoms with Gasteiger partial charge in [-0.05, 0) is 31.5 Å².